The van der Waals surface area contributed by atoms with Gasteiger partial charge >= 0.3 is 5.97 Å². The molecule has 3 fully saturated rings. The quantitative estimate of drug-likeness (QED) is 0.265. The number of allylic oxidation sites excluding steroid dienone is 1. The van der Waals surface area contributed by atoms with E-state index in [9.17, 15) is 9.18 Å². The van der Waals surface area contributed by atoms with Crippen LogP contribution in [0.2, 0.25) is 0 Å². The molecule has 3 aliphatic rings. The molecule has 3 heteroatoms. The molecule has 2 nitrogen and oxygen atoms in total. The van der Waals surface area contributed by atoms with Crippen LogP contribution in [0.1, 0.15) is 82.6 Å². The predicted molar refractivity (Wildman–Crippen MR) is 123 cm³/mol. The minimum Gasteiger partial charge on any atom is -0.426 e. The fourth-order valence-electron chi connectivity index (χ4n) is 6.85. The third-order valence-electron chi connectivity index (χ3n) is 8.69. The number of aryl methyl sites for hydroxylation is 1. The average molecular weight is 427 g/mol. The molecule has 0 amide bonds. The van der Waals surface area contributed by atoms with Gasteiger partial charge in [-0.05, 0) is 99.5 Å². The molecule has 4 rings (SSSR count). The van der Waals surface area contributed by atoms with Crippen LogP contribution in [0, 0.1) is 48.2 Å². The molecule has 0 spiro atoms. The first-order chi connectivity index (χ1) is 15.0. The van der Waals surface area contributed by atoms with Crippen molar-refractivity contribution in [1.29, 1.82) is 0 Å². The van der Waals surface area contributed by atoms with Gasteiger partial charge in [0.05, 0.1) is 5.92 Å². The maximum atomic E-state index is 13.8. The maximum absolute atomic E-state index is 13.8. The molecule has 4 atom stereocenters. The summed E-state index contributed by atoms with van der Waals surface area (Å²) in [6.07, 6.45) is 17.2. The highest BCUT2D eigenvalue weighted by atomic mass is 19.1. The Hall–Kier alpha value is -1.64. The highest BCUT2D eigenvalue weighted by molar-refractivity contribution is 5.75. The lowest BCUT2D eigenvalue weighted by Gasteiger charge is -2.46. The van der Waals surface area contributed by atoms with E-state index in [1.54, 1.807) is 19.1 Å². The van der Waals surface area contributed by atoms with E-state index in [0.717, 1.165) is 43.4 Å². The van der Waals surface area contributed by atoms with Crippen LogP contribution in [0.25, 0.3) is 0 Å². The first-order valence-electron chi connectivity index (χ1n) is 12.6. The summed E-state index contributed by atoms with van der Waals surface area (Å²) in [5.74, 6) is 3.65. The van der Waals surface area contributed by atoms with Crippen LogP contribution < -0.4 is 4.74 Å². The third kappa shape index (κ3) is 5.41. The summed E-state index contributed by atoms with van der Waals surface area (Å²) < 4.78 is 19.5. The van der Waals surface area contributed by atoms with Crippen LogP contribution >= 0.6 is 0 Å². The van der Waals surface area contributed by atoms with E-state index in [2.05, 4.69) is 12.7 Å². The summed E-state index contributed by atoms with van der Waals surface area (Å²) >= 11 is 0. The van der Waals surface area contributed by atoms with Crippen LogP contribution in [-0.2, 0) is 4.79 Å². The van der Waals surface area contributed by atoms with Crippen molar-refractivity contribution in [3.63, 3.8) is 0 Å². The summed E-state index contributed by atoms with van der Waals surface area (Å²) in [7, 11) is 0. The Labute approximate surface area is 187 Å². The van der Waals surface area contributed by atoms with Crippen molar-refractivity contribution in [2.45, 2.75) is 84.0 Å². The van der Waals surface area contributed by atoms with Gasteiger partial charge < -0.3 is 4.74 Å². The van der Waals surface area contributed by atoms with Crippen LogP contribution in [0.5, 0.6) is 5.75 Å². The molecule has 31 heavy (non-hydrogen) atoms. The first-order valence-corrected chi connectivity index (χ1v) is 12.6. The van der Waals surface area contributed by atoms with E-state index in [1.165, 1.54) is 57.4 Å². The minimum absolute atomic E-state index is 0.0151. The lowest BCUT2D eigenvalue weighted by atomic mass is 9.59. The van der Waals surface area contributed by atoms with E-state index in [1.807, 2.05) is 0 Å². The van der Waals surface area contributed by atoms with Gasteiger partial charge in [-0.15, -0.1) is 6.58 Å². The standard InChI is InChI=1S/C28H39FO2/c1-3-4-6-20-10-12-21(13-11-20)22-14-16-25-23(17-22)7-5-8-26(25)28(30)31-24-15-9-19(2)27(29)18-24/h3,9,15,18,20-23,25-26H,1,4-8,10-14,16-17H2,2H3. The normalized spacial score (nSPS) is 33.4. The zero-order valence-electron chi connectivity index (χ0n) is 19.2. The summed E-state index contributed by atoms with van der Waals surface area (Å²) in [6.45, 7) is 5.59. The predicted octanol–water partition coefficient (Wildman–Crippen LogP) is 7.64. The number of fused-ring (bicyclic) bond motifs is 1. The number of ether oxygens (including phenoxy) is 1. The summed E-state index contributed by atoms with van der Waals surface area (Å²) in [4.78, 5) is 13.0. The molecule has 4 unspecified atom stereocenters. The van der Waals surface area contributed by atoms with Gasteiger partial charge in [0, 0.05) is 6.07 Å². The third-order valence-corrected chi connectivity index (χ3v) is 8.69. The maximum Gasteiger partial charge on any atom is 0.314 e. The largest absolute Gasteiger partial charge is 0.426 e. The average Bonchev–Trinajstić information content (AvgIpc) is 2.79. The van der Waals surface area contributed by atoms with Gasteiger partial charge in [-0.25, -0.2) is 4.39 Å². The van der Waals surface area contributed by atoms with Gasteiger partial charge in [0.1, 0.15) is 11.6 Å². The molecular formula is C28H39FO2. The lowest BCUT2D eigenvalue weighted by molar-refractivity contribution is -0.144. The van der Waals surface area contributed by atoms with Gasteiger partial charge in [-0.2, -0.15) is 0 Å². The molecule has 0 heterocycles. The zero-order chi connectivity index (χ0) is 21.8. The Morgan fingerprint density at radius 3 is 2.58 bits per heavy atom. The smallest absolute Gasteiger partial charge is 0.314 e. The van der Waals surface area contributed by atoms with E-state index in [-0.39, 0.29) is 17.7 Å². The highest BCUT2D eigenvalue weighted by Crippen LogP contribution is 2.50. The Bertz CT molecular complexity index is 764. The van der Waals surface area contributed by atoms with Gasteiger partial charge in [0.25, 0.3) is 0 Å². The number of esters is 1. The molecule has 0 radical (unpaired) electrons. The van der Waals surface area contributed by atoms with Crippen molar-refractivity contribution < 1.29 is 13.9 Å². The molecular weight excluding hydrogens is 387 g/mol. The monoisotopic (exact) mass is 426 g/mol. The topological polar surface area (TPSA) is 26.3 Å². The number of benzene rings is 1. The minimum atomic E-state index is -0.313. The van der Waals surface area contributed by atoms with Crippen molar-refractivity contribution in [2.24, 2.45) is 35.5 Å². The van der Waals surface area contributed by atoms with E-state index in [0.29, 0.717) is 23.1 Å². The summed E-state index contributed by atoms with van der Waals surface area (Å²) in [5, 5.41) is 0. The van der Waals surface area contributed by atoms with Gasteiger partial charge in [-0.3, -0.25) is 4.79 Å². The molecule has 3 saturated carbocycles. The van der Waals surface area contributed by atoms with Crippen molar-refractivity contribution in [3.8, 4) is 5.75 Å². The molecule has 170 valence electrons. The highest BCUT2D eigenvalue weighted by Gasteiger charge is 2.43. The Morgan fingerprint density at radius 2 is 1.84 bits per heavy atom. The zero-order valence-corrected chi connectivity index (χ0v) is 19.2. The fourth-order valence-corrected chi connectivity index (χ4v) is 6.85. The number of hydrogen-bond acceptors (Lipinski definition) is 2. The second-order valence-corrected chi connectivity index (χ2v) is 10.5. The molecule has 0 bridgehead atoms. The number of hydrogen-bond donors (Lipinski definition) is 0. The first kappa shape index (κ1) is 22.6. The number of carbonyl (C=O) groups is 1. The van der Waals surface area contributed by atoms with Crippen molar-refractivity contribution >= 4 is 5.97 Å². The van der Waals surface area contributed by atoms with E-state index >= 15 is 0 Å². The van der Waals surface area contributed by atoms with E-state index in [4.69, 9.17) is 4.74 Å². The fraction of sp³-hybridized carbons (Fsp3) is 0.679. The van der Waals surface area contributed by atoms with Crippen LogP contribution in [-0.4, -0.2) is 5.97 Å². The molecule has 0 N–H and O–H groups in total. The Morgan fingerprint density at radius 1 is 1.06 bits per heavy atom. The molecule has 3 aliphatic carbocycles. The van der Waals surface area contributed by atoms with Gasteiger partial charge in [0.2, 0.25) is 0 Å². The summed E-state index contributed by atoms with van der Waals surface area (Å²) in [6, 6.07) is 4.73. The van der Waals surface area contributed by atoms with Crippen molar-refractivity contribution in [3.05, 3.63) is 42.2 Å². The second kappa shape index (κ2) is 10.3. The molecule has 0 aliphatic heterocycles. The van der Waals surface area contributed by atoms with Crippen LogP contribution in [0.4, 0.5) is 4.39 Å². The van der Waals surface area contributed by atoms with E-state index < -0.39 is 0 Å². The lowest BCUT2D eigenvalue weighted by Crippen LogP contribution is -2.40. The SMILES string of the molecule is C=CCCC1CCC(C2CCC3C(CCCC3C(=O)Oc3ccc(C)c(F)c3)C2)CC1. The summed E-state index contributed by atoms with van der Waals surface area (Å²) in [5.41, 5.74) is 0.575. The Kier molecular flexibility index (Phi) is 7.51. The second-order valence-electron chi connectivity index (χ2n) is 10.5. The number of halogens is 1. The Balaban J connectivity index is 1.31. The van der Waals surface area contributed by atoms with Crippen molar-refractivity contribution in [1.82, 2.24) is 0 Å². The van der Waals surface area contributed by atoms with Gasteiger partial charge in [-0.1, -0.05) is 37.8 Å². The number of carbonyl (C=O) groups excluding carboxylic acids is 1. The van der Waals surface area contributed by atoms with Crippen LogP contribution in [0.15, 0.2) is 30.9 Å². The molecule has 0 saturated heterocycles. The van der Waals surface area contributed by atoms with Crippen LogP contribution in [0.3, 0.4) is 0 Å². The van der Waals surface area contributed by atoms with Crippen molar-refractivity contribution in [2.75, 3.05) is 0 Å². The van der Waals surface area contributed by atoms with Gasteiger partial charge in [0.15, 0.2) is 0 Å². The molecule has 1 aromatic rings. The number of rotatable bonds is 6. The molecule has 0 aromatic heterocycles. The molecule has 1 aromatic carbocycles.